The van der Waals surface area contributed by atoms with Crippen molar-refractivity contribution < 1.29 is 18.9 Å². The molecular formula is C21H21N3O5. The Balaban J connectivity index is 1.59. The van der Waals surface area contributed by atoms with E-state index in [1.54, 1.807) is 19.2 Å². The molecule has 1 heterocycles. The highest BCUT2D eigenvalue weighted by molar-refractivity contribution is 5.91. The van der Waals surface area contributed by atoms with Gasteiger partial charge in [0.1, 0.15) is 5.75 Å². The van der Waals surface area contributed by atoms with E-state index in [1.165, 1.54) is 12.1 Å². The molecule has 0 radical (unpaired) electrons. The fourth-order valence-corrected chi connectivity index (χ4v) is 2.73. The summed E-state index contributed by atoms with van der Waals surface area (Å²) in [6, 6.07) is 11.8. The van der Waals surface area contributed by atoms with Crippen LogP contribution in [0, 0.1) is 17.0 Å². The number of benzene rings is 2. The number of non-ortho nitro benzene ring substituents is 1. The second-order valence-electron chi connectivity index (χ2n) is 6.38. The Morgan fingerprint density at radius 3 is 2.69 bits per heavy atom. The minimum Gasteiger partial charge on any atom is -0.494 e. The standard InChI is InChI=1S/C21H21N3O5/c1-3-28-17-8-5-15(6-9-17)19-13-22-21(29-19)11-10-20(25)23-18-12-16(24(26)27)7-4-14(18)2/h4-9,12-13H,3,10-11H2,1-2H3,(H,23,25). The van der Waals surface area contributed by atoms with E-state index >= 15 is 0 Å². The second-order valence-corrected chi connectivity index (χ2v) is 6.38. The third-order valence-corrected chi connectivity index (χ3v) is 4.28. The van der Waals surface area contributed by atoms with Crippen LogP contribution in [-0.4, -0.2) is 22.4 Å². The molecule has 0 fully saturated rings. The van der Waals surface area contributed by atoms with Gasteiger partial charge in [-0.2, -0.15) is 0 Å². The van der Waals surface area contributed by atoms with Gasteiger partial charge in [0, 0.05) is 30.5 Å². The van der Waals surface area contributed by atoms with Crippen LogP contribution in [-0.2, 0) is 11.2 Å². The number of aromatic nitrogens is 1. The molecule has 8 nitrogen and oxygen atoms in total. The lowest BCUT2D eigenvalue weighted by molar-refractivity contribution is -0.384. The monoisotopic (exact) mass is 395 g/mol. The van der Waals surface area contributed by atoms with Gasteiger partial charge in [-0.25, -0.2) is 4.98 Å². The summed E-state index contributed by atoms with van der Waals surface area (Å²) in [6.07, 6.45) is 2.08. The minimum atomic E-state index is -0.496. The lowest BCUT2D eigenvalue weighted by Gasteiger charge is -2.07. The number of aryl methyl sites for hydroxylation is 2. The quantitative estimate of drug-likeness (QED) is 0.443. The third kappa shape index (κ3) is 5.19. The van der Waals surface area contributed by atoms with E-state index in [4.69, 9.17) is 9.15 Å². The molecule has 150 valence electrons. The molecule has 8 heteroatoms. The molecule has 29 heavy (non-hydrogen) atoms. The number of hydrogen-bond acceptors (Lipinski definition) is 6. The number of anilines is 1. The Kier molecular flexibility index (Phi) is 6.23. The van der Waals surface area contributed by atoms with Crippen molar-refractivity contribution in [3.8, 4) is 17.1 Å². The first kappa shape index (κ1) is 20.1. The zero-order valence-corrected chi connectivity index (χ0v) is 16.2. The molecule has 0 aliphatic rings. The molecule has 1 aromatic heterocycles. The lowest BCUT2D eigenvalue weighted by Crippen LogP contribution is -2.13. The summed E-state index contributed by atoms with van der Waals surface area (Å²) in [5.74, 6) is 1.57. The van der Waals surface area contributed by atoms with Crippen molar-refractivity contribution in [3.05, 3.63) is 70.2 Å². The van der Waals surface area contributed by atoms with Crippen LogP contribution in [0.25, 0.3) is 11.3 Å². The average Bonchev–Trinajstić information content (AvgIpc) is 3.18. The summed E-state index contributed by atoms with van der Waals surface area (Å²) in [5, 5.41) is 13.6. The first-order chi connectivity index (χ1) is 14.0. The van der Waals surface area contributed by atoms with Crippen LogP contribution in [0.4, 0.5) is 11.4 Å². The average molecular weight is 395 g/mol. The highest BCUT2D eigenvalue weighted by Gasteiger charge is 2.13. The normalized spacial score (nSPS) is 10.6. The van der Waals surface area contributed by atoms with Crippen LogP contribution < -0.4 is 10.1 Å². The van der Waals surface area contributed by atoms with Crippen molar-refractivity contribution in [1.82, 2.24) is 4.98 Å². The van der Waals surface area contributed by atoms with Gasteiger partial charge in [-0.3, -0.25) is 14.9 Å². The van der Waals surface area contributed by atoms with Crippen LogP contribution in [0.2, 0.25) is 0 Å². The topological polar surface area (TPSA) is 108 Å². The maximum absolute atomic E-state index is 12.2. The maximum Gasteiger partial charge on any atom is 0.271 e. The van der Waals surface area contributed by atoms with Crippen molar-refractivity contribution >= 4 is 17.3 Å². The minimum absolute atomic E-state index is 0.0707. The molecule has 0 spiro atoms. The zero-order chi connectivity index (χ0) is 20.8. The van der Waals surface area contributed by atoms with E-state index in [1.807, 2.05) is 31.2 Å². The summed E-state index contributed by atoms with van der Waals surface area (Å²) in [7, 11) is 0. The highest BCUT2D eigenvalue weighted by Crippen LogP contribution is 2.24. The van der Waals surface area contributed by atoms with Gasteiger partial charge in [-0.15, -0.1) is 0 Å². The predicted molar refractivity (Wildman–Crippen MR) is 108 cm³/mol. The van der Waals surface area contributed by atoms with E-state index in [0.29, 0.717) is 30.4 Å². The number of carbonyl (C=O) groups excluding carboxylic acids is 1. The van der Waals surface area contributed by atoms with Crippen LogP contribution in [0.3, 0.4) is 0 Å². The van der Waals surface area contributed by atoms with E-state index < -0.39 is 4.92 Å². The van der Waals surface area contributed by atoms with Gasteiger partial charge in [0.2, 0.25) is 5.91 Å². The maximum atomic E-state index is 12.2. The van der Waals surface area contributed by atoms with Crippen LogP contribution in [0.15, 0.2) is 53.1 Å². The Bertz CT molecular complexity index is 1010. The van der Waals surface area contributed by atoms with Gasteiger partial charge >= 0.3 is 0 Å². The molecule has 1 N–H and O–H groups in total. The molecular weight excluding hydrogens is 374 g/mol. The van der Waals surface area contributed by atoms with Crippen LogP contribution in [0.5, 0.6) is 5.75 Å². The summed E-state index contributed by atoms with van der Waals surface area (Å²) in [4.78, 5) is 26.8. The number of carbonyl (C=O) groups is 1. The largest absolute Gasteiger partial charge is 0.494 e. The van der Waals surface area contributed by atoms with Gasteiger partial charge in [0.15, 0.2) is 11.7 Å². The van der Waals surface area contributed by atoms with Gasteiger partial charge in [0.05, 0.1) is 23.4 Å². The van der Waals surface area contributed by atoms with Gasteiger partial charge in [0.25, 0.3) is 5.69 Å². The van der Waals surface area contributed by atoms with Crippen molar-refractivity contribution in [1.29, 1.82) is 0 Å². The number of ether oxygens (including phenoxy) is 1. The molecule has 3 rings (SSSR count). The third-order valence-electron chi connectivity index (χ3n) is 4.28. The first-order valence-electron chi connectivity index (χ1n) is 9.19. The first-order valence-corrected chi connectivity index (χ1v) is 9.19. The number of nitrogens with one attached hydrogen (secondary N) is 1. The van der Waals surface area contributed by atoms with E-state index in [0.717, 1.165) is 16.9 Å². The number of nitrogens with zero attached hydrogens (tertiary/aromatic N) is 2. The Hall–Kier alpha value is -3.68. The number of amides is 1. The number of hydrogen-bond donors (Lipinski definition) is 1. The van der Waals surface area contributed by atoms with Gasteiger partial charge in [-0.1, -0.05) is 6.07 Å². The number of oxazole rings is 1. The molecule has 0 saturated heterocycles. The SMILES string of the molecule is CCOc1ccc(-c2cnc(CCC(=O)Nc3cc([N+](=O)[O-])ccc3C)o2)cc1. The molecule has 0 saturated carbocycles. The van der Waals surface area contributed by atoms with Crippen molar-refractivity contribution in [2.45, 2.75) is 26.7 Å². The summed E-state index contributed by atoms with van der Waals surface area (Å²) in [6.45, 7) is 4.30. The van der Waals surface area contributed by atoms with Gasteiger partial charge in [-0.05, 0) is 43.7 Å². The molecule has 0 aliphatic heterocycles. The lowest BCUT2D eigenvalue weighted by atomic mass is 10.1. The number of nitro groups is 1. The Morgan fingerprint density at radius 1 is 1.24 bits per heavy atom. The molecule has 1 amide bonds. The fourth-order valence-electron chi connectivity index (χ4n) is 2.73. The summed E-state index contributed by atoms with van der Waals surface area (Å²) >= 11 is 0. The fraction of sp³-hybridized carbons (Fsp3) is 0.238. The molecule has 0 aliphatic carbocycles. The summed E-state index contributed by atoms with van der Waals surface area (Å²) < 4.78 is 11.1. The van der Waals surface area contributed by atoms with Crippen molar-refractivity contribution in [2.24, 2.45) is 0 Å². The van der Waals surface area contributed by atoms with Crippen molar-refractivity contribution in [2.75, 3.05) is 11.9 Å². The molecule has 0 bridgehead atoms. The Morgan fingerprint density at radius 2 is 2.00 bits per heavy atom. The molecule has 0 unspecified atom stereocenters. The van der Waals surface area contributed by atoms with Crippen LogP contribution >= 0.6 is 0 Å². The second kappa shape index (κ2) is 9.01. The smallest absolute Gasteiger partial charge is 0.271 e. The Labute approximate surface area is 167 Å². The van der Waals surface area contributed by atoms with E-state index in [-0.39, 0.29) is 18.0 Å². The number of nitro benzene ring substituents is 1. The highest BCUT2D eigenvalue weighted by atomic mass is 16.6. The zero-order valence-electron chi connectivity index (χ0n) is 16.2. The molecule has 2 aromatic carbocycles. The predicted octanol–water partition coefficient (Wildman–Crippen LogP) is 4.53. The summed E-state index contributed by atoms with van der Waals surface area (Å²) in [5.41, 5.74) is 1.96. The van der Waals surface area contributed by atoms with Crippen LogP contribution in [0.1, 0.15) is 24.8 Å². The van der Waals surface area contributed by atoms with Gasteiger partial charge < -0.3 is 14.5 Å². The molecule has 3 aromatic rings. The van der Waals surface area contributed by atoms with Crippen molar-refractivity contribution in [3.63, 3.8) is 0 Å². The molecule has 0 atom stereocenters. The number of rotatable bonds is 8. The van der Waals surface area contributed by atoms with E-state index in [2.05, 4.69) is 10.3 Å². The van der Waals surface area contributed by atoms with E-state index in [9.17, 15) is 14.9 Å².